The molecule has 1 aromatic carbocycles. The molecule has 0 spiro atoms. The maximum absolute atomic E-state index is 12.3. The van der Waals surface area contributed by atoms with Crippen LogP contribution < -0.4 is 10.1 Å². The molecule has 0 aliphatic heterocycles. The summed E-state index contributed by atoms with van der Waals surface area (Å²) in [4.78, 5) is 20.7. The smallest absolute Gasteiger partial charge is 0.242 e. The van der Waals surface area contributed by atoms with E-state index >= 15 is 0 Å². The zero-order valence-corrected chi connectivity index (χ0v) is 16.4. The molecule has 0 saturated carbocycles. The second-order valence-corrected chi connectivity index (χ2v) is 5.90. The van der Waals surface area contributed by atoms with Crippen molar-refractivity contribution in [2.24, 2.45) is 4.99 Å². The Balaban J connectivity index is 2.82. The molecular formula is C19H32N4O2. The minimum atomic E-state index is 0.110. The molecule has 140 valence electrons. The average molecular weight is 348 g/mol. The number of rotatable bonds is 8. The molecule has 6 nitrogen and oxygen atoms in total. The van der Waals surface area contributed by atoms with Gasteiger partial charge in [-0.2, -0.15) is 0 Å². The van der Waals surface area contributed by atoms with Crippen LogP contribution in [0.1, 0.15) is 31.9 Å². The van der Waals surface area contributed by atoms with Gasteiger partial charge in [0.25, 0.3) is 0 Å². The lowest BCUT2D eigenvalue weighted by Gasteiger charge is -2.25. The Morgan fingerprint density at radius 2 is 1.92 bits per heavy atom. The Bertz CT molecular complexity index is 583. The molecule has 0 bridgehead atoms. The average Bonchev–Trinajstić information content (AvgIpc) is 2.59. The number of amides is 1. The minimum Gasteiger partial charge on any atom is -0.496 e. The van der Waals surface area contributed by atoms with Crippen molar-refractivity contribution >= 4 is 11.9 Å². The number of aryl methyl sites for hydroxylation is 1. The SMILES string of the molecule is CCNC(=NCc1ccc(OC)c(C)c1)N(C)CC(=O)N(CC)CC. The van der Waals surface area contributed by atoms with Crippen molar-refractivity contribution in [1.82, 2.24) is 15.1 Å². The molecule has 0 atom stereocenters. The first-order valence-corrected chi connectivity index (χ1v) is 8.87. The lowest BCUT2D eigenvalue weighted by atomic mass is 10.1. The molecular weight excluding hydrogens is 316 g/mol. The molecule has 0 aromatic heterocycles. The van der Waals surface area contributed by atoms with Crippen LogP contribution in [0.3, 0.4) is 0 Å². The quantitative estimate of drug-likeness (QED) is 0.578. The number of aliphatic imine (C=N–C) groups is 1. The zero-order valence-electron chi connectivity index (χ0n) is 16.4. The Morgan fingerprint density at radius 1 is 1.24 bits per heavy atom. The monoisotopic (exact) mass is 348 g/mol. The fraction of sp³-hybridized carbons (Fsp3) is 0.579. The van der Waals surface area contributed by atoms with Crippen LogP contribution >= 0.6 is 0 Å². The minimum absolute atomic E-state index is 0.110. The van der Waals surface area contributed by atoms with Gasteiger partial charge >= 0.3 is 0 Å². The molecule has 1 amide bonds. The molecule has 0 unspecified atom stereocenters. The molecule has 1 N–H and O–H groups in total. The normalized spacial score (nSPS) is 11.2. The Kier molecular flexibility index (Phi) is 8.81. The van der Waals surface area contributed by atoms with Gasteiger partial charge in [-0.25, -0.2) is 4.99 Å². The number of ether oxygens (including phenoxy) is 1. The van der Waals surface area contributed by atoms with E-state index in [0.29, 0.717) is 13.1 Å². The number of guanidine groups is 1. The number of nitrogens with zero attached hydrogens (tertiary/aromatic N) is 3. The molecule has 0 aliphatic rings. The van der Waals surface area contributed by atoms with Crippen LogP contribution in [0.5, 0.6) is 5.75 Å². The summed E-state index contributed by atoms with van der Waals surface area (Å²) in [5, 5.41) is 3.25. The summed E-state index contributed by atoms with van der Waals surface area (Å²) in [7, 11) is 3.56. The highest BCUT2D eigenvalue weighted by atomic mass is 16.5. The first-order valence-electron chi connectivity index (χ1n) is 8.87. The van der Waals surface area contributed by atoms with Crippen LogP contribution in [-0.2, 0) is 11.3 Å². The summed E-state index contributed by atoms with van der Waals surface area (Å²) >= 11 is 0. The number of hydrogen-bond acceptors (Lipinski definition) is 3. The van der Waals surface area contributed by atoms with Crippen molar-refractivity contribution < 1.29 is 9.53 Å². The summed E-state index contributed by atoms with van der Waals surface area (Å²) in [5.74, 6) is 1.72. The molecule has 0 aliphatic carbocycles. The van der Waals surface area contributed by atoms with Gasteiger partial charge in [-0.1, -0.05) is 12.1 Å². The van der Waals surface area contributed by atoms with Crippen molar-refractivity contribution in [1.29, 1.82) is 0 Å². The van der Waals surface area contributed by atoms with Crippen LogP contribution in [0, 0.1) is 6.92 Å². The Hall–Kier alpha value is -2.24. The summed E-state index contributed by atoms with van der Waals surface area (Å²) in [6.07, 6.45) is 0. The summed E-state index contributed by atoms with van der Waals surface area (Å²) in [6.45, 7) is 11.1. The number of benzene rings is 1. The molecule has 0 fully saturated rings. The molecule has 0 saturated heterocycles. The first-order chi connectivity index (χ1) is 12.0. The van der Waals surface area contributed by atoms with E-state index in [1.54, 1.807) is 7.11 Å². The maximum Gasteiger partial charge on any atom is 0.242 e. The molecule has 1 aromatic rings. The van der Waals surface area contributed by atoms with E-state index in [-0.39, 0.29) is 5.91 Å². The summed E-state index contributed by atoms with van der Waals surface area (Å²) in [5.41, 5.74) is 2.20. The van der Waals surface area contributed by atoms with Crippen molar-refractivity contribution in [3.8, 4) is 5.75 Å². The molecule has 1 rings (SSSR count). The van der Waals surface area contributed by atoms with E-state index in [9.17, 15) is 4.79 Å². The highest BCUT2D eigenvalue weighted by Crippen LogP contribution is 2.18. The van der Waals surface area contributed by atoms with Crippen LogP contribution in [-0.4, -0.2) is 62.0 Å². The largest absolute Gasteiger partial charge is 0.496 e. The van der Waals surface area contributed by atoms with Crippen LogP contribution in [0.25, 0.3) is 0 Å². The number of hydrogen-bond donors (Lipinski definition) is 1. The third kappa shape index (κ3) is 6.29. The van der Waals surface area contributed by atoms with Gasteiger partial charge in [0.05, 0.1) is 20.2 Å². The number of likely N-dealkylation sites (N-methyl/N-ethyl adjacent to an activating group) is 2. The van der Waals surface area contributed by atoms with Crippen LogP contribution in [0.15, 0.2) is 23.2 Å². The van der Waals surface area contributed by atoms with Gasteiger partial charge in [-0.15, -0.1) is 0 Å². The van der Waals surface area contributed by atoms with Gasteiger partial charge in [-0.05, 0) is 44.9 Å². The van der Waals surface area contributed by atoms with Gasteiger partial charge in [0.15, 0.2) is 5.96 Å². The highest BCUT2D eigenvalue weighted by Gasteiger charge is 2.15. The van der Waals surface area contributed by atoms with Crippen molar-refractivity contribution in [3.63, 3.8) is 0 Å². The van der Waals surface area contributed by atoms with E-state index in [2.05, 4.69) is 16.4 Å². The Morgan fingerprint density at radius 3 is 2.44 bits per heavy atom. The van der Waals surface area contributed by atoms with Crippen molar-refractivity contribution in [3.05, 3.63) is 29.3 Å². The summed E-state index contributed by atoms with van der Waals surface area (Å²) in [6, 6.07) is 6.05. The fourth-order valence-corrected chi connectivity index (χ4v) is 2.63. The number of carbonyl (C=O) groups is 1. The topological polar surface area (TPSA) is 57.2 Å². The van der Waals surface area contributed by atoms with Gasteiger partial charge in [0.2, 0.25) is 5.91 Å². The molecule has 0 radical (unpaired) electrons. The maximum atomic E-state index is 12.3. The van der Waals surface area contributed by atoms with E-state index in [1.807, 2.05) is 56.7 Å². The predicted octanol–water partition coefficient (Wildman–Crippen LogP) is 2.27. The Labute approximate surface area is 151 Å². The van der Waals surface area contributed by atoms with Crippen molar-refractivity contribution in [2.45, 2.75) is 34.2 Å². The first kappa shape index (κ1) is 20.8. The summed E-state index contributed by atoms with van der Waals surface area (Å²) < 4.78 is 5.29. The standard InChI is InChI=1S/C19H32N4O2/c1-7-20-19(22(5)14-18(24)23(8-2)9-3)21-13-16-10-11-17(25-6)15(4)12-16/h10-12H,7-9,13-14H2,1-6H3,(H,20,21). The third-order valence-electron chi connectivity index (χ3n) is 4.06. The zero-order chi connectivity index (χ0) is 18.8. The third-order valence-corrected chi connectivity index (χ3v) is 4.06. The van der Waals surface area contributed by atoms with E-state index in [1.165, 1.54) is 0 Å². The van der Waals surface area contributed by atoms with Gasteiger partial charge in [0.1, 0.15) is 5.75 Å². The number of carbonyl (C=O) groups excluding carboxylic acids is 1. The second-order valence-electron chi connectivity index (χ2n) is 5.90. The fourth-order valence-electron chi connectivity index (χ4n) is 2.63. The second kappa shape index (κ2) is 10.6. The number of nitrogens with one attached hydrogen (secondary N) is 1. The predicted molar refractivity (Wildman–Crippen MR) is 103 cm³/mol. The van der Waals surface area contributed by atoms with Crippen molar-refractivity contribution in [2.75, 3.05) is 40.3 Å². The van der Waals surface area contributed by atoms with Gasteiger partial charge in [-0.3, -0.25) is 4.79 Å². The van der Waals surface area contributed by atoms with E-state index in [4.69, 9.17) is 4.74 Å². The van der Waals surface area contributed by atoms with E-state index < -0.39 is 0 Å². The lowest BCUT2D eigenvalue weighted by Crippen LogP contribution is -2.45. The van der Waals surface area contributed by atoms with Gasteiger partial charge < -0.3 is 19.9 Å². The van der Waals surface area contributed by atoms with E-state index in [0.717, 1.165) is 42.5 Å². The molecule has 6 heteroatoms. The molecule has 0 heterocycles. The molecule has 25 heavy (non-hydrogen) atoms. The highest BCUT2D eigenvalue weighted by molar-refractivity contribution is 5.86. The lowest BCUT2D eigenvalue weighted by molar-refractivity contribution is -0.131. The van der Waals surface area contributed by atoms with Crippen LogP contribution in [0.4, 0.5) is 0 Å². The van der Waals surface area contributed by atoms with Gasteiger partial charge in [0, 0.05) is 26.7 Å². The number of methoxy groups -OCH3 is 1. The van der Waals surface area contributed by atoms with Crippen LogP contribution in [0.2, 0.25) is 0 Å².